The number of hydrogen-bond donors (Lipinski definition) is 1. The van der Waals surface area contributed by atoms with Crippen molar-refractivity contribution in [2.75, 3.05) is 33.7 Å². The average molecular weight is 167 g/mol. The molecule has 1 N–H and O–H groups in total. The molecule has 1 aliphatic rings. The zero-order valence-electron chi connectivity index (χ0n) is 7.88. The first kappa shape index (κ1) is 9.26. The van der Waals surface area contributed by atoms with Gasteiger partial charge < -0.3 is 10.2 Å². The average Bonchev–Trinajstić information content (AvgIpc) is 2.15. The minimum Gasteiger partial charge on any atom is -0.377 e. The lowest BCUT2D eigenvalue weighted by Crippen LogP contribution is -2.27. The number of aliphatic imine (C=N–C) groups is 1. The molecule has 12 heavy (non-hydrogen) atoms. The van der Waals surface area contributed by atoms with Crippen LogP contribution in [0.25, 0.3) is 0 Å². The van der Waals surface area contributed by atoms with Crippen molar-refractivity contribution >= 4 is 6.21 Å². The van der Waals surface area contributed by atoms with Crippen LogP contribution in [0.1, 0.15) is 6.42 Å². The summed E-state index contributed by atoms with van der Waals surface area (Å²) in [6, 6.07) is 0. The van der Waals surface area contributed by atoms with Gasteiger partial charge >= 0.3 is 0 Å². The Morgan fingerprint density at radius 1 is 1.67 bits per heavy atom. The highest BCUT2D eigenvalue weighted by Gasteiger charge is 2.04. The summed E-state index contributed by atoms with van der Waals surface area (Å²) in [6.45, 7) is 3.04. The Bertz CT molecular complexity index is 184. The van der Waals surface area contributed by atoms with Gasteiger partial charge in [-0.2, -0.15) is 0 Å². The van der Waals surface area contributed by atoms with Crippen LogP contribution in [-0.2, 0) is 0 Å². The van der Waals surface area contributed by atoms with Gasteiger partial charge in [0, 0.05) is 45.0 Å². The minimum atomic E-state index is 0.940. The fourth-order valence-electron chi connectivity index (χ4n) is 1.22. The molecule has 1 heterocycles. The second-order valence-corrected chi connectivity index (χ2v) is 2.99. The zero-order chi connectivity index (χ0) is 8.81. The predicted octanol–water partition coefficient (Wildman–Crippen LogP) is 0.496. The van der Waals surface area contributed by atoms with E-state index in [1.54, 1.807) is 0 Å². The topological polar surface area (TPSA) is 27.6 Å². The first-order valence-corrected chi connectivity index (χ1v) is 4.39. The van der Waals surface area contributed by atoms with Gasteiger partial charge in [-0.3, -0.25) is 4.99 Å². The fourth-order valence-corrected chi connectivity index (χ4v) is 1.22. The quantitative estimate of drug-likeness (QED) is 0.660. The molecule has 68 valence electrons. The first-order valence-electron chi connectivity index (χ1n) is 4.39. The Morgan fingerprint density at radius 3 is 3.08 bits per heavy atom. The fraction of sp³-hybridized carbons (Fsp3) is 0.667. The number of likely N-dealkylation sites (N-methyl/N-ethyl adjacent to an activating group) is 2. The molecule has 0 aromatic carbocycles. The van der Waals surface area contributed by atoms with Crippen molar-refractivity contribution in [2.24, 2.45) is 4.99 Å². The summed E-state index contributed by atoms with van der Waals surface area (Å²) >= 11 is 0. The highest BCUT2D eigenvalue weighted by Crippen LogP contribution is 2.08. The SMILES string of the molecule is CNCCN(C)C1=CC=NCC1. The summed E-state index contributed by atoms with van der Waals surface area (Å²) in [5, 5.41) is 3.14. The standard InChI is InChI=1S/C9H17N3/c1-10-7-8-12(2)9-3-5-11-6-4-9/h3,5,10H,4,6-8H2,1-2H3. The van der Waals surface area contributed by atoms with E-state index in [4.69, 9.17) is 0 Å². The third kappa shape index (κ3) is 2.66. The molecule has 0 saturated heterocycles. The summed E-state index contributed by atoms with van der Waals surface area (Å²) in [4.78, 5) is 6.43. The molecule has 0 bridgehead atoms. The van der Waals surface area contributed by atoms with Gasteiger partial charge in [0.2, 0.25) is 0 Å². The van der Waals surface area contributed by atoms with E-state index >= 15 is 0 Å². The molecule has 0 aliphatic carbocycles. The molecule has 0 aromatic heterocycles. The Labute approximate surface area is 74.2 Å². The van der Waals surface area contributed by atoms with Gasteiger partial charge in [0.25, 0.3) is 0 Å². The monoisotopic (exact) mass is 167 g/mol. The maximum atomic E-state index is 4.15. The van der Waals surface area contributed by atoms with Crippen molar-refractivity contribution in [3.8, 4) is 0 Å². The summed E-state index contributed by atoms with van der Waals surface area (Å²) in [7, 11) is 4.10. The van der Waals surface area contributed by atoms with Gasteiger partial charge in [-0.05, 0) is 13.1 Å². The molecular weight excluding hydrogens is 150 g/mol. The predicted molar refractivity (Wildman–Crippen MR) is 52.6 cm³/mol. The van der Waals surface area contributed by atoms with Crippen LogP contribution >= 0.6 is 0 Å². The normalized spacial score (nSPS) is 16.0. The van der Waals surface area contributed by atoms with Crippen molar-refractivity contribution in [1.29, 1.82) is 0 Å². The van der Waals surface area contributed by atoms with E-state index in [0.717, 1.165) is 26.1 Å². The van der Waals surface area contributed by atoms with Crippen LogP contribution in [0, 0.1) is 0 Å². The number of dihydropyridines is 1. The lowest BCUT2D eigenvalue weighted by Gasteiger charge is -2.23. The highest BCUT2D eigenvalue weighted by molar-refractivity contribution is 5.72. The lowest BCUT2D eigenvalue weighted by atomic mass is 10.2. The van der Waals surface area contributed by atoms with E-state index in [2.05, 4.69) is 28.3 Å². The molecule has 0 radical (unpaired) electrons. The van der Waals surface area contributed by atoms with E-state index in [-0.39, 0.29) is 0 Å². The van der Waals surface area contributed by atoms with Gasteiger partial charge in [0.05, 0.1) is 0 Å². The van der Waals surface area contributed by atoms with Gasteiger partial charge in [-0.25, -0.2) is 0 Å². The summed E-state index contributed by atoms with van der Waals surface area (Å²) in [5.74, 6) is 0. The second kappa shape index (κ2) is 4.93. The van der Waals surface area contributed by atoms with Crippen molar-refractivity contribution in [1.82, 2.24) is 10.2 Å². The maximum absolute atomic E-state index is 4.15. The molecule has 0 aromatic rings. The number of nitrogens with one attached hydrogen (secondary N) is 1. The molecule has 0 spiro atoms. The molecule has 1 rings (SSSR count). The molecule has 3 heteroatoms. The van der Waals surface area contributed by atoms with E-state index < -0.39 is 0 Å². The van der Waals surface area contributed by atoms with Gasteiger partial charge in [-0.15, -0.1) is 0 Å². The highest BCUT2D eigenvalue weighted by atomic mass is 15.1. The summed E-state index contributed by atoms with van der Waals surface area (Å²) < 4.78 is 0. The zero-order valence-corrected chi connectivity index (χ0v) is 7.88. The number of allylic oxidation sites excluding steroid dienone is 1. The van der Waals surface area contributed by atoms with Crippen LogP contribution in [0.5, 0.6) is 0 Å². The Balaban J connectivity index is 2.35. The molecule has 0 atom stereocenters. The summed E-state index contributed by atoms with van der Waals surface area (Å²) in [6.07, 6.45) is 5.07. The number of nitrogens with zero attached hydrogens (tertiary/aromatic N) is 2. The Morgan fingerprint density at radius 2 is 2.50 bits per heavy atom. The maximum Gasteiger partial charge on any atom is 0.0443 e. The molecule has 3 nitrogen and oxygen atoms in total. The molecule has 0 amide bonds. The van der Waals surface area contributed by atoms with Crippen LogP contribution in [0.15, 0.2) is 16.8 Å². The largest absolute Gasteiger partial charge is 0.377 e. The third-order valence-corrected chi connectivity index (χ3v) is 2.06. The van der Waals surface area contributed by atoms with E-state index in [1.807, 2.05) is 13.3 Å². The van der Waals surface area contributed by atoms with Gasteiger partial charge in [0.1, 0.15) is 0 Å². The second-order valence-electron chi connectivity index (χ2n) is 2.99. The third-order valence-electron chi connectivity index (χ3n) is 2.06. The van der Waals surface area contributed by atoms with Crippen molar-refractivity contribution in [3.63, 3.8) is 0 Å². The molecule has 1 aliphatic heterocycles. The van der Waals surface area contributed by atoms with Crippen LogP contribution in [0.4, 0.5) is 0 Å². The minimum absolute atomic E-state index is 0.940. The summed E-state index contributed by atoms with van der Waals surface area (Å²) in [5.41, 5.74) is 1.39. The lowest BCUT2D eigenvalue weighted by molar-refractivity contribution is 0.400. The van der Waals surface area contributed by atoms with Gasteiger partial charge in [0.15, 0.2) is 0 Å². The van der Waals surface area contributed by atoms with Crippen molar-refractivity contribution in [3.05, 3.63) is 11.8 Å². The van der Waals surface area contributed by atoms with Crippen LogP contribution in [0.2, 0.25) is 0 Å². The van der Waals surface area contributed by atoms with Gasteiger partial charge in [-0.1, -0.05) is 0 Å². The van der Waals surface area contributed by atoms with E-state index in [9.17, 15) is 0 Å². The van der Waals surface area contributed by atoms with Crippen LogP contribution < -0.4 is 5.32 Å². The Kier molecular flexibility index (Phi) is 3.80. The smallest absolute Gasteiger partial charge is 0.0443 e. The molecular formula is C9H17N3. The van der Waals surface area contributed by atoms with Crippen LogP contribution in [-0.4, -0.2) is 44.8 Å². The van der Waals surface area contributed by atoms with E-state index in [0.29, 0.717) is 0 Å². The molecule has 0 saturated carbocycles. The number of rotatable bonds is 4. The Hall–Kier alpha value is -0.830. The molecule has 0 fully saturated rings. The number of hydrogen-bond acceptors (Lipinski definition) is 3. The van der Waals surface area contributed by atoms with E-state index in [1.165, 1.54) is 5.70 Å². The van der Waals surface area contributed by atoms with Crippen molar-refractivity contribution < 1.29 is 0 Å². The first-order chi connectivity index (χ1) is 5.84. The van der Waals surface area contributed by atoms with Crippen molar-refractivity contribution in [2.45, 2.75) is 6.42 Å². The molecule has 0 unspecified atom stereocenters. The van der Waals surface area contributed by atoms with Crippen LogP contribution in [0.3, 0.4) is 0 Å².